The van der Waals surface area contributed by atoms with Gasteiger partial charge in [-0.15, -0.1) is 0 Å². The van der Waals surface area contributed by atoms with Crippen molar-refractivity contribution in [3.05, 3.63) is 42.0 Å². The number of aliphatic carboxylic acids is 1. The van der Waals surface area contributed by atoms with Crippen LogP contribution >= 0.6 is 0 Å². The Morgan fingerprint density at radius 3 is 2.55 bits per heavy atom. The smallest absolute Gasteiger partial charge is 0.394 e. The zero-order valence-corrected chi connectivity index (χ0v) is 22.6. The van der Waals surface area contributed by atoms with E-state index in [1.807, 2.05) is 12.1 Å². The second-order valence-corrected chi connectivity index (χ2v) is 10.8. The van der Waals surface area contributed by atoms with E-state index in [4.69, 9.17) is 9.72 Å². The lowest BCUT2D eigenvalue weighted by molar-refractivity contribution is -0.159. The molecule has 1 aliphatic rings. The van der Waals surface area contributed by atoms with Gasteiger partial charge in [0, 0.05) is 31.1 Å². The van der Waals surface area contributed by atoms with Crippen molar-refractivity contribution in [1.29, 1.82) is 0 Å². The average molecular weight is 530 g/mol. The molecule has 0 radical (unpaired) electrons. The molecule has 7 nitrogen and oxygen atoms in total. The van der Waals surface area contributed by atoms with Crippen LogP contribution in [0.25, 0.3) is 11.0 Å². The lowest BCUT2D eigenvalue weighted by atomic mass is 9.74. The van der Waals surface area contributed by atoms with E-state index in [2.05, 4.69) is 35.4 Å². The molecule has 0 bridgehead atoms. The molecule has 0 amide bonds. The number of carboxylic acids is 1. The second kappa shape index (κ2) is 11.2. The van der Waals surface area contributed by atoms with E-state index < -0.39 is 12.1 Å². The number of carbonyl (C=O) groups is 1. The first-order valence-corrected chi connectivity index (χ1v) is 13.2. The fourth-order valence-electron chi connectivity index (χ4n) is 5.61. The first-order chi connectivity index (χ1) is 17.9. The van der Waals surface area contributed by atoms with Crippen LogP contribution in [0.1, 0.15) is 65.0 Å². The fraction of sp³-hybridized carbons (Fsp3) is 0.517. The van der Waals surface area contributed by atoms with E-state index in [0.717, 1.165) is 29.4 Å². The number of ether oxygens (including phenoxy) is 2. The monoisotopic (exact) mass is 529 g/mol. The summed E-state index contributed by atoms with van der Waals surface area (Å²) in [7, 11) is 1.59. The summed E-state index contributed by atoms with van der Waals surface area (Å²) >= 11 is 0. The lowest BCUT2D eigenvalue weighted by Gasteiger charge is -2.39. The first-order valence-electron chi connectivity index (χ1n) is 13.2. The number of benzene rings is 2. The van der Waals surface area contributed by atoms with E-state index in [0.29, 0.717) is 48.5 Å². The molecule has 1 saturated carbocycles. The Bertz CT molecular complexity index is 1270. The largest absolute Gasteiger partial charge is 0.496 e. The molecule has 2 aromatic carbocycles. The van der Waals surface area contributed by atoms with Crippen molar-refractivity contribution in [2.45, 2.75) is 71.9 Å². The Labute approximate surface area is 222 Å². The standard InChI is InChI=1S/C29H37F2N3O4/c1-17(2)22-12-6-18(3)14-24(22)34-25-16-26(37-5)19(7-13-27(35)36)15-23(25)33-28(34)32-20-8-10-21(11-9-20)38-29(4,30)31/h8-11,15-18,22,24H,6-7,12-14H2,1-5H3,(H,32,33)(H,35,36)/t18-,22-,24-/m1/s1. The van der Waals surface area contributed by atoms with Crippen molar-refractivity contribution in [3.63, 3.8) is 0 Å². The molecule has 0 spiro atoms. The number of alkyl halides is 2. The normalized spacial score (nSPS) is 20.1. The number of aromatic nitrogens is 2. The summed E-state index contributed by atoms with van der Waals surface area (Å²) in [5.41, 5.74) is 3.15. The molecular weight excluding hydrogens is 492 g/mol. The zero-order chi connectivity index (χ0) is 27.6. The van der Waals surface area contributed by atoms with Crippen LogP contribution in [0.2, 0.25) is 0 Å². The quantitative estimate of drug-likeness (QED) is 0.284. The number of nitrogens with zero attached hydrogens (tertiary/aromatic N) is 2. The maximum Gasteiger partial charge on any atom is 0.394 e. The Morgan fingerprint density at radius 2 is 1.95 bits per heavy atom. The summed E-state index contributed by atoms with van der Waals surface area (Å²) < 4.78 is 39.1. The number of aryl methyl sites for hydroxylation is 1. The average Bonchev–Trinajstić information content (AvgIpc) is 3.18. The van der Waals surface area contributed by atoms with Crippen molar-refractivity contribution in [2.24, 2.45) is 17.8 Å². The van der Waals surface area contributed by atoms with E-state index in [-0.39, 0.29) is 18.2 Å². The number of fused-ring (bicyclic) bond motifs is 1. The number of imidazole rings is 1. The highest BCUT2D eigenvalue weighted by Gasteiger charge is 2.34. The van der Waals surface area contributed by atoms with E-state index in [1.54, 1.807) is 19.2 Å². The van der Waals surface area contributed by atoms with Crippen molar-refractivity contribution in [1.82, 2.24) is 9.55 Å². The van der Waals surface area contributed by atoms with Crippen LogP contribution in [0.3, 0.4) is 0 Å². The van der Waals surface area contributed by atoms with Crippen molar-refractivity contribution in [2.75, 3.05) is 12.4 Å². The number of hydrogen-bond acceptors (Lipinski definition) is 5. The van der Waals surface area contributed by atoms with E-state index >= 15 is 0 Å². The molecule has 38 heavy (non-hydrogen) atoms. The topological polar surface area (TPSA) is 85.6 Å². The van der Waals surface area contributed by atoms with Gasteiger partial charge in [0.15, 0.2) is 0 Å². The van der Waals surface area contributed by atoms with E-state index in [1.165, 1.54) is 18.6 Å². The maximum atomic E-state index is 13.3. The Morgan fingerprint density at radius 1 is 1.24 bits per heavy atom. The van der Waals surface area contributed by atoms with Gasteiger partial charge in [-0.05, 0) is 72.9 Å². The first kappa shape index (κ1) is 27.7. The summed E-state index contributed by atoms with van der Waals surface area (Å²) in [6.07, 6.45) is 0.375. The second-order valence-electron chi connectivity index (χ2n) is 10.8. The van der Waals surface area contributed by atoms with Gasteiger partial charge in [-0.2, -0.15) is 8.78 Å². The predicted molar refractivity (Wildman–Crippen MR) is 144 cm³/mol. The molecule has 1 aromatic heterocycles. The number of rotatable bonds is 10. The third-order valence-corrected chi connectivity index (χ3v) is 7.43. The predicted octanol–water partition coefficient (Wildman–Crippen LogP) is 7.43. The van der Waals surface area contributed by atoms with Crippen molar-refractivity contribution >= 4 is 28.6 Å². The molecule has 1 heterocycles. The molecule has 9 heteroatoms. The Kier molecular flexibility index (Phi) is 8.13. The lowest BCUT2D eigenvalue weighted by Crippen LogP contribution is -2.30. The van der Waals surface area contributed by atoms with Crippen LogP contribution in [-0.2, 0) is 11.2 Å². The SMILES string of the molecule is COc1cc2c(cc1CCC(=O)O)nc(Nc1ccc(OC(C)(F)F)cc1)n2[C@@H]1C[C@H](C)CC[C@@H]1C(C)C. The van der Waals surface area contributed by atoms with Crippen LogP contribution in [0.5, 0.6) is 11.5 Å². The zero-order valence-electron chi connectivity index (χ0n) is 22.6. The molecular formula is C29H37F2N3O4. The summed E-state index contributed by atoms with van der Waals surface area (Å²) in [6, 6.07) is 10.4. The molecule has 4 rings (SSSR count). The van der Waals surface area contributed by atoms with Crippen molar-refractivity contribution in [3.8, 4) is 11.5 Å². The fourth-order valence-corrected chi connectivity index (χ4v) is 5.61. The molecule has 1 fully saturated rings. The molecule has 1 aliphatic carbocycles. The van der Waals surface area contributed by atoms with Gasteiger partial charge in [0.05, 0.1) is 18.1 Å². The molecule has 0 aliphatic heterocycles. The number of methoxy groups -OCH3 is 1. The molecule has 2 N–H and O–H groups in total. The number of halogens is 2. The number of hydrogen-bond donors (Lipinski definition) is 2. The highest BCUT2D eigenvalue weighted by molar-refractivity contribution is 5.83. The summed E-state index contributed by atoms with van der Waals surface area (Å²) in [5, 5.41) is 12.6. The van der Waals surface area contributed by atoms with Gasteiger partial charge in [0.25, 0.3) is 0 Å². The van der Waals surface area contributed by atoms with E-state index in [9.17, 15) is 18.7 Å². The minimum absolute atomic E-state index is 0.00549. The van der Waals surface area contributed by atoms with Gasteiger partial charge in [0.2, 0.25) is 5.95 Å². The minimum Gasteiger partial charge on any atom is -0.496 e. The van der Waals surface area contributed by atoms with Gasteiger partial charge >= 0.3 is 12.1 Å². The molecule has 0 saturated heterocycles. The Balaban J connectivity index is 1.80. The molecule has 3 aromatic rings. The highest BCUT2D eigenvalue weighted by atomic mass is 19.3. The number of carboxylic acid groups (broad SMARTS) is 1. The van der Waals surface area contributed by atoms with Crippen molar-refractivity contribution < 1.29 is 28.2 Å². The van der Waals surface area contributed by atoms with Gasteiger partial charge < -0.3 is 24.5 Å². The van der Waals surface area contributed by atoms with Gasteiger partial charge in [-0.1, -0.05) is 27.2 Å². The Hall–Kier alpha value is -3.36. The van der Waals surface area contributed by atoms with Crippen LogP contribution in [0.15, 0.2) is 36.4 Å². The summed E-state index contributed by atoms with van der Waals surface area (Å²) in [6.45, 7) is 7.50. The maximum absolute atomic E-state index is 13.3. The molecule has 0 unspecified atom stereocenters. The summed E-state index contributed by atoms with van der Waals surface area (Å²) in [4.78, 5) is 16.2. The molecule has 206 valence electrons. The van der Waals surface area contributed by atoms with Crippen LogP contribution in [0, 0.1) is 17.8 Å². The number of anilines is 2. The summed E-state index contributed by atoms with van der Waals surface area (Å²) in [5.74, 6) is 1.97. The minimum atomic E-state index is -3.26. The highest BCUT2D eigenvalue weighted by Crippen LogP contribution is 2.45. The van der Waals surface area contributed by atoms with Gasteiger partial charge in [0.1, 0.15) is 11.5 Å². The van der Waals surface area contributed by atoms with Crippen LogP contribution < -0.4 is 14.8 Å². The number of nitrogens with one attached hydrogen (secondary N) is 1. The third kappa shape index (κ3) is 6.37. The van der Waals surface area contributed by atoms with Crippen LogP contribution in [0.4, 0.5) is 20.4 Å². The van der Waals surface area contributed by atoms with Crippen LogP contribution in [-0.4, -0.2) is 33.8 Å². The molecule has 3 atom stereocenters. The third-order valence-electron chi connectivity index (χ3n) is 7.43. The van der Waals surface area contributed by atoms with Gasteiger partial charge in [-0.3, -0.25) is 4.79 Å². The van der Waals surface area contributed by atoms with Gasteiger partial charge in [-0.25, -0.2) is 4.98 Å².